The highest BCUT2D eigenvalue weighted by Crippen LogP contribution is 2.42. The third-order valence-corrected chi connectivity index (χ3v) is 7.12. The molecule has 2 aliphatic rings. The molecule has 174 valence electrons. The Morgan fingerprint density at radius 1 is 1.21 bits per heavy atom. The minimum atomic E-state index is -0.385. The lowest BCUT2D eigenvalue weighted by Crippen LogP contribution is -2.43. The van der Waals surface area contributed by atoms with Gasteiger partial charge in [0.1, 0.15) is 12.4 Å². The Hall–Kier alpha value is -2.64. The molecule has 2 aromatic rings. The Bertz CT molecular complexity index is 1040. The first-order valence-corrected chi connectivity index (χ1v) is 12.4. The molecular formula is C26H30FN3O2S. The summed E-state index contributed by atoms with van der Waals surface area (Å²) in [5, 5.41) is 2.96. The molecule has 2 aromatic carbocycles. The van der Waals surface area contributed by atoms with Gasteiger partial charge in [-0.25, -0.2) is 4.39 Å². The molecule has 5 nitrogen and oxygen atoms in total. The topological polar surface area (TPSA) is 52.7 Å². The molecule has 0 aliphatic carbocycles. The summed E-state index contributed by atoms with van der Waals surface area (Å²) in [5.41, 5.74) is 1.06. The number of carbonyl (C=O) groups is 2. The number of halogens is 1. The monoisotopic (exact) mass is 467 g/mol. The lowest BCUT2D eigenvalue weighted by Gasteiger charge is -2.31. The van der Waals surface area contributed by atoms with Crippen LogP contribution in [0.3, 0.4) is 0 Å². The summed E-state index contributed by atoms with van der Waals surface area (Å²) in [7, 11) is 0. The van der Waals surface area contributed by atoms with Crippen LogP contribution in [0, 0.1) is 11.7 Å². The number of anilines is 1. The summed E-state index contributed by atoms with van der Waals surface area (Å²) in [6, 6.07) is 13.8. The van der Waals surface area contributed by atoms with Crippen LogP contribution in [0.25, 0.3) is 6.08 Å². The highest BCUT2D eigenvalue weighted by molar-refractivity contribution is 8.04. The molecular weight excluding hydrogens is 437 g/mol. The van der Waals surface area contributed by atoms with Crippen LogP contribution in [0.4, 0.5) is 10.1 Å². The number of benzene rings is 2. The summed E-state index contributed by atoms with van der Waals surface area (Å²) in [6.07, 6.45) is 4.98. The van der Waals surface area contributed by atoms with Crippen LogP contribution < -0.4 is 10.2 Å². The minimum Gasteiger partial charge on any atom is -0.355 e. The van der Waals surface area contributed by atoms with Crippen LogP contribution in [0.2, 0.25) is 0 Å². The second-order valence-electron chi connectivity index (χ2n) is 8.74. The number of para-hydroxylation sites is 1. The number of piperidine rings is 1. The van der Waals surface area contributed by atoms with Crippen LogP contribution in [0.5, 0.6) is 0 Å². The number of carbonyl (C=O) groups excluding carboxylic acids is 2. The first-order chi connectivity index (χ1) is 16.0. The van der Waals surface area contributed by atoms with E-state index in [1.807, 2.05) is 24.3 Å². The van der Waals surface area contributed by atoms with Crippen molar-refractivity contribution in [2.24, 2.45) is 5.92 Å². The maximum Gasteiger partial charge on any atom is 0.265 e. The van der Waals surface area contributed by atoms with Gasteiger partial charge in [-0.2, -0.15) is 0 Å². The molecule has 0 saturated carbocycles. The highest BCUT2D eigenvalue weighted by atomic mass is 32.2. The maximum atomic E-state index is 14.2. The van der Waals surface area contributed by atoms with E-state index in [1.54, 1.807) is 24.3 Å². The molecule has 7 heteroatoms. The normalized spacial score (nSPS) is 20.1. The van der Waals surface area contributed by atoms with Crippen molar-refractivity contribution >= 4 is 35.3 Å². The zero-order valence-electron chi connectivity index (χ0n) is 18.9. The lowest BCUT2D eigenvalue weighted by atomic mass is 10.0. The molecule has 0 unspecified atom stereocenters. The van der Waals surface area contributed by atoms with Crippen LogP contribution in [0.1, 0.15) is 31.7 Å². The van der Waals surface area contributed by atoms with Gasteiger partial charge in [-0.15, -0.1) is 0 Å². The largest absolute Gasteiger partial charge is 0.355 e. The van der Waals surface area contributed by atoms with Gasteiger partial charge in [0.2, 0.25) is 5.91 Å². The van der Waals surface area contributed by atoms with Crippen LogP contribution in [0.15, 0.2) is 58.3 Å². The fourth-order valence-corrected chi connectivity index (χ4v) is 5.42. The number of thioether (sulfide) groups is 1. The van der Waals surface area contributed by atoms with E-state index in [0.717, 1.165) is 36.9 Å². The van der Waals surface area contributed by atoms with Gasteiger partial charge in [-0.3, -0.25) is 14.5 Å². The number of likely N-dealkylation sites (tertiary alicyclic amines) is 1. The Kier molecular flexibility index (Phi) is 7.83. The zero-order chi connectivity index (χ0) is 23.2. The molecule has 0 bridgehead atoms. The van der Waals surface area contributed by atoms with Crippen molar-refractivity contribution in [1.82, 2.24) is 10.2 Å². The number of amides is 2. The standard InChI is InChI=1S/C26H30FN3O2S/c1-19-8-6-14-29(17-19)15-7-13-28-25(31)18-30-22-11-4-5-12-23(22)33-24(26(30)32)16-20-9-2-3-10-21(20)27/h2-5,9-12,16,19H,6-8,13-15,17-18H2,1H3,(H,28,31)/b24-16-/t19-/m0/s1. The summed E-state index contributed by atoms with van der Waals surface area (Å²) in [5.74, 6) is -0.130. The van der Waals surface area contributed by atoms with E-state index >= 15 is 0 Å². The van der Waals surface area contributed by atoms with E-state index in [-0.39, 0.29) is 24.2 Å². The van der Waals surface area contributed by atoms with E-state index < -0.39 is 0 Å². The first kappa shape index (κ1) is 23.5. The highest BCUT2D eigenvalue weighted by Gasteiger charge is 2.30. The van der Waals surface area contributed by atoms with Crippen molar-refractivity contribution in [3.8, 4) is 0 Å². The zero-order valence-corrected chi connectivity index (χ0v) is 19.7. The molecule has 2 amide bonds. The molecule has 1 atom stereocenters. The average Bonchev–Trinajstić information content (AvgIpc) is 2.81. The Morgan fingerprint density at radius 2 is 2.00 bits per heavy atom. The van der Waals surface area contributed by atoms with E-state index in [2.05, 4.69) is 17.1 Å². The average molecular weight is 468 g/mol. The molecule has 1 N–H and O–H groups in total. The van der Waals surface area contributed by atoms with E-state index in [0.29, 0.717) is 22.7 Å². The number of hydrogen-bond acceptors (Lipinski definition) is 4. The van der Waals surface area contributed by atoms with Crippen LogP contribution in [-0.4, -0.2) is 49.4 Å². The van der Waals surface area contributed by atoms with E-state index in [9.17, 15) is 14.0 Å². The molecule has 33 heavy (non-hydrogen) atoms. The first-order valence-electron chi connectivity index (χ1n) is 11.6. The SMILES string of the molecule is C[C@H]1CCCN(CCCNC(=O)CN2C(=O)/C(=C/c3ccccc3F)Sc3ccccc32)C1. The fourth-order valence-electron chi connectivity index (χ4n) is 4.37. The quantitative estimate of drug-likeness (QED) is 0.480. The summed E-state index contributed by atoms with van der Waals surface area (Å²) < 4.78 is 14.2. The third kappa shape index (κ3) is 6.03. The van der Waals surface area contributed by atoms with Gasteiger partial charge in [0.25, 0.3) is 5.91 Å². The second kappa shape index (κ2) is 11.0. The lowest BCUT2D eigenvalue weighted by molar-refractivity contribution is -0.122. The van der Waals surface area contributed by atoms with Crippen molar-refractivity contribution in [2.75, 3.05) is 37.6 Å². The molecule has 1 saturated heterocycles. The molecule has 2 aliphatic heterocycles. The van der Waals surface area contributed by atoms with Gasteiger partial charge in [0, 0.05) is 23.5 Å². The second-order valence-corrected chi connectivity index (χ2v) is 9.83. The third-order valence-electron chi connectivity index (χ3n) is 6.04. The summed E-state index contributed by atoms with van der Waals surface area (Å²) in [6.45, 7) is 6.04. The Balaban J connectivity index is 1.39. The van der Waals surface area contributed by atoms with Gasteiger partial charge in [0.15, 0.2) is 0 Å². The van der Waals surface area contributed by atoms with Gasteiger partial charge in [0.05, 0.1) is 10.6 Å². The van der Waals surface area contributed by atoms with Crippen molar-refractivity contribution in [1.29, 1.82) is 0 Å². The van der Waals surface area contributed by atoms with Crippen LogP contribution >= 0.6 is 11.8 Å². The molecule has 4 rings (SSSR count). The minimum absolute atomic E-state index is 0.0637. The van der Waals surface area contributed by atoms with E-state index in [4.69, 9.17) is 0 Å². The van der Waals surface area contributed by atoms with Crippen molar-refractivity contribution in [3.63, 3.8) is 0 Å². The van der Waals surface area contributed by atoms with Crippen molar-refractivity contribution < 1.29 is 14.0 Å². The van der Waals surface area contributed by atoms with E-state index in [1.165, 1.54) is 35.6 Å². The maximum absolute atomic E-state index is 14.2. The molecule has 1 fully saturated rings. The Morgan fingerprint density at radius 3 is 2.82 bits per heavy atom. The Labute approximate surface area is 199 Å². The number of fused-ring (bicyclic) bond motifs is 1. The predicted octanol–water partition coefficient (Wildman–Crippen LogP) is 4.54. The molecule has 0 aromatic heterocycles. The number of rotatable bonds is 7. The predicted molar refractivity (Wildman–Crippen MR) is 131 cm³/mol. The van der Waals surface area contributed by atoms with Crippen LogP contribution in [-0.2, 0) is 9.59 Å². The van der Waals surface area contributed by atoms with Gasteiger partial charge >= 0.3 is 0 Å². The molecule has 0 radical (unpaired) electrons. The smallest absolute Gasteiger partial charge is 0.265 e. The number of nitrogens with one attached hydrogen (secondary N) is 1. The molecule has 0 spiro atoms. The number of hydrogen-bond donors (Lipinski definition) is 1. The summed E-state index contributed by atoms with van der Waals surface area (Å²) >= 11 is 1.30. The number of nitrogens with zero attached hydrogens (tertiary/aromatic N) is 2. The summed E-state index contributed by atoms with van der Waals surface area (Å²) in [4.78, 5) is 31.1. The van der Waals surface area contributed by atoms with Gasteiger partial charge in [-0.1, -0.05) is 49.0 Å². The fraction of sp³-hybridized carbons (Fsp3) is 0.385. The van der Waals surface area contributed by atoms with Crippen molar-refractivity contribution in [2.45, 2.75) is 31.1 Å². The van der Waals surface area contributed by atoms with Gasteiger partial charge in [-0.05, 0) is 62.5 Å². The van der Waals surface area contributed by atoms with Gasteiger partial charge < -0.3 is 10.2 Å². The molecule has 2 heterocycles. The van der Waals surface area contributed by atoms with Crippen molar-refractivity contribution in [3.05, 3.63) is 64.8 Å².